The second-order valence-corrected chi connectivity index (χ2v) is 9.28. The molecule has 1 N–H and O–H groups in total. The van der Waals surface area contributed by atoms with Crippen molar-refractivity contribution in [2.24, 2.45) is 17.8 Å². The predicted molar refractivity (Wildman–Crippen MR) is 131 cm³/mol. The van der Waals surface area contributed by atoms with E-state index in [0.717, 1.165) is 19.3 Å². The number of nitro benzene ring substituents is 1. The van der Waals surface area contributed by atoms with Crippen LogP contribution in [0.5, 0.6) is 11.5 Å². The van der Waals surface area contributed by atoms with Gasteiger partial charge in [0.05, 0.1) is 23.7 Å². The van der Waals surface area contributed by atoms with Crippen molar-refractivity contribution < 1.29 is 28.7 Å². The van der Waals surface area contributed by atoms with E-state index < -0.39 is 16.8 Å². The predicted octanol–water partition coefficient (Wildman–Crippen LogP) is 5.59. The number of nitro groups is 1. The van der Waals surface area contributed by atoms with Crippen LogP contribution < -0.4 is 10.1 Å². The first kappa shape index (κ1) is 26.2. The Hall–Kier alpha value is -3.46. The summed E-state index contributed by atoms with van der Waals surface area (Å²) in [5.41, 5.74) is 0.131. The number of nitrogens with zero attached hydrogens (tertiary/aromatic N) is 1. The van der Waals surface area contributed by atoms with Gasteiger partial charge in [-0.25, -0.2) is 4.79 Å². The maximum Gasteiger partial charge on any atom is 0.337 e. The van der Waals surface area contributed by atoms with Gasteiger partial charge in [0.2, 0.25) is 0 Å². The van der Waals surface area contributed by atoms with E-state index in [0.29, 0.717) is 34.8 Å². The number of rotatable bonds is 9. The number of benzene rings is 2. The number of hydrogen-bond donors (Lipinski definition) is 1. The molecule has 1 saturated carbocycles. The summed E-state index contributed by atoms with van der Waals surface area (Å²) in [7, 11) is 1.29. The molecule has 3 unspecified atom stereocenters. The number of methoxy groups -OCH3 is 1. The van der Waals surface area contributed by atoms with Crippen molar-refractivity contribution in [3.63, 3.8) is 0 Å². The number of amides is 1. The van der Waals surface area contributed by atoms with Crippen molar-refractivity contribution in [3.8, 4) is 11.5 Å². The van der Waals surface area contributed by atoms with Gasteiger partial charge in [-0.15, -0.1) is 0 Å². The number of carbonyl (C=O) groups is 2. The average molecular weight is 485 g/mol. The molecule has 0 radical (unpaired) electrons. The molecule has 3 rings (SSSR count). The van der Waals surface area contributed by atoms with Gasteiger partial charge in [0.1, 0.15) is 23.8 Å². The summed E-state index contributed by atoms with van der Waals surface area (Å²) in [6.45, 7) is 6.33. The fraction of sp³-hybridized carbons (Fsp3) is 0.462. The van der Waals surface area contributed by atoms with Crippen LogP contribution in [0.2, 0.25) is 0 Å². The van der Waals surface area contributed by atoms with Crippen LogP contribution in [-0.2, 0) is 14.3 Å². The molecule has 2 aromatic carbocycles. The Morgan fingerprint density at radius 1 is 1.11 bits per heavy atom. The van der Waals surface area contributed by atoms with Crippen LogP contribution in [0.25, 0.3) is 0 Å². The first-order valence-electron chi connectivity index (χ1n) is 11.7. The maximum absolute atomic E-state index is 12.6. The third-order valence-electron chi connectivity index (χ3n) is 6.34. The van der Waals surface area contributed by atoms with Gasteiger partial charge < -0.3 is 19.5 Å². The Bertz CT molecular complexity index is 1050. The van der Waals surface area contributed by atoms with E-state index in [1.807, 2.05) is 0 Å². The van der Waals surface area contributed by atoms with Crippen LogP contribution in [0.15, 0.2) is 42.5 Å². The summed E-state index contributed by atoms with van der Waals surface area (Å²) in [6, 6.07) is 10.4. The zero-order valence-electron chi connectivity index (χ0n) is 20.5. The standard InChI is InChI=1S/C26H32N2O7/c1-16(2)21-11-5-17(3)13-24(21)34-15-25(29)27-22-14-20(10-12-23(22)28(31)32)35-19-8-6-18(7-9-19)26(30)33-4/h6-10,12,14,16-17,21,24H,5,11,13,15H2,1-4H3,(H,27,29). The van der Waals surface area contributed by atoms with Crippen LogP contribution >= 0.6 is 0 Å². The van der Waals surface area contributed by atoms with Crippen LogP contribution in [0.3, 0.4) is 0 Å². The molecule has 0 aliphatic heterocycles. The van der Waals surface area contributed by atoms with Crippen LogP contribution in [0.1, 0.15) is 50.4 Å². The molecule has 3 atom stereocenters. The summed E-state index contributed by atoms with van der Waals surface area (Å²) in [5.74, 6) is 1.14. The lowest BCUT2D eigenvalue weighted by atomic mass is 9.75. The van der Waals surface area contributed by atoms with Gasteiger partial charge in [0.15, 0.2) is 0 Å². The number of carbonyl (C=O) groups excluding carboxylic acids is 2. The first-order valence-corrected chi connectivity index (χ1v) is 11.7. The lowest BCUT2D eigenvalue weighted by Gasteiger charge is -2.37. The average Bonchev–Trinajstić information content (AvgIpc) is 2.82. The number of anilines is 1. The Labute approximate surface area is 204 Å². The summed E-state index contributed by atoms with van der Waals surface area (Å²) in [6.07, 6.45) is 3.10. The maximum atomic E-state index is 12.6. The highest BCUT2D eigenvalue weighted by molar-refractivity contribution is 5.94. The Morgan fingerprint density at radius 3 is 2.43 bits per heavy atom. The van der Waals surface area contributed by atoms with E-state index in [2.05, 4.69) is 30.8 Å². The van der Waals surface area contributed by atoms with Gasteiger partial charge in [0.25, 0.3) is 11.6 Å². The Kier molecular flexibility index (Phi) is 8.81. The molecule has 1 aliphatic carbocycles. The van der Waals surface area contributed by atoms with E-state index in [1.54, 1.807) is 24.3 Å². The third-order valence-corrected chi connectivity index (χ3v) is 6.34. The SMILES string of the molecule is COC(=O)c1ccc(Oc2ccc([N+](=O)[O-])c(NC(=O)COC3CC(C)CCC3C(C)C)c2)cc1. The van der Waals surface area contributed by atoms with E-state index in [-0.39, 0.29) is 24.1 Å². The second kappa shape index (κ2) is 11.8. The van der Waals surface area contributed by atoms with E-state index in [4.69, 9.17) is 9.47 Å². The molecular weight excluding hydrogens is 452 g/mol. The van der Waals surface area contributed by atoms with Crippen molar-refractivity contribution >= 4 is 23.3 Å². The van der Waals surface area contributed by atoms with Crippen molar-refractivity contribution in [1.29, 1.82) is 0 Å². The fourth-order valence-electron chi connectivity index (χ4n) is 4.43. The number of ether oxygens (including phenoxy) is 3. The van der Waals surface area contributed by atoms with E-state index in [1.165, 1.54) is 25.3 Å². The molecule has 0 saturated heterocycles. The minimum absolute atomic E-state index is 0.0119. The molecular formula is C26H32N2O7. The van der Waals surface area contributed by atoms with Gasteiger partial charge in [-0.05, 0) is 60.9 Å². The summed E-state index contributed by atoms with van der Waals surface area (Å²) in [4.78, 5) is 35.2. The minimum Gasteiger partial charge on any atom is -0.465 e. The molecule has 0 aromatic heterocycles. The van der Waals surface area contributed by atoms with Crippen molar-refractivity contribution in [3.05, 3.63) is 58.1 Å². The fourth-order valence-corrected chi connectivity index (χ4v) is 4.43. The van der Waals surface area contributed by atoms with Gasteiger partial charge in [-0.2, -0.15) is 0 Å². The monoisotopic (exact) mass is 484 g/mol. The molecule has 0 heterocycles. The van der Waals surface area contributed by atoms with Gasteiger partial charge in [-0.3, -0.25) is 14.9 Å². The molecule has 1 amide bonds. The largest absolute Gasteiger partial charge is 0.465 e. The summed E-state index contributed by atoms with van der Waals surface area (Å²) in [5, 5.41) is 14.1. The normalized spacial score (nSPS) is 19.7. The molecule has 9 heteroatoms. The zero-order valence-corrected chi connectivity index (χ0v) is 20.5. The van der Waals surface area contributed by atoms with Gasteiger partial charge >= 0.3 is 5.97 Å². The molecule has 1 aliphatic rings. The molecule has 0 bridgehead atoms. The summed E-state index contributed by atoms with van der Waals surface area (Å²) < 4.78 is 16.4. The molecule has 188 valence electrons. The van der Waals surface area contributed by atoms with Crippen molar-refractivity contribution in [1.82, 2.24) is 0 Å². The number of nitrogens with one attached hydrogen (secondary N) is 1. The van der Waals surface area contributed by atoms with Gasteiger partial charge in [0, 0.05) is 12.1 Å². The number of esters is 1. The number of hydrogen-bond acceptors (Lipinski definition) is 7. The van der Waals surface area contributed by atoms with Gasteiger partial charge in [-0.1, -0.05) is 27.2 Å². The van der Waals surface area contributed by atoms with E-state index >= 15 is 0 Å². The highest BCUT2D eigenvalue weighted by atomic mass is 16.6. The van der Waals surface area contributed by atoms with Crippen LogP contribution in [-0.4, -0.2) is 36.6 Å². The third kappa shape index (κ3) is 7.02. The smallest absolute Gasteiger partial charge is 0.337 e. The second-order valence-electron chi connectivity index (χ2n) is 9.28. The lowest BCUT2D eigenvalue weighted by Crippen LogP contribution is -2.36. The molecule has 35 heavy (non-hydrogen) atoms. The highest BCUT2D eigenvalue weighted by Crippen LogP contribution is 2.35. The van der Waals surface area contributed by atoms with Crippen molar-refractivity contribution in [2.75, 3.05) is 19.0 Å². The van der Waals surface area contributed by atoms with Crippen LogP contribution in [0, 0.1) is 27.9 Å². The Morgan fingerprint density at radius 2 is 1.80 bits per heavy atom. The summed E-state index contributed by atoms with van der Waals surface area (Å²) >= 11 is 0. The lowest BCUT2D eigenvalue weighted by molar-refractivity contribution is -0.383. The first-order chi connectivity index (χ1) is 16.7. The molecule has 9 nitrogen and oxygen atoms in total. The minimum atomic E-state index is -0.566. The Balaban J connectivity index is 1.68. The quantitative estimate of drug-likeness (QED) is 0.280. The molecule has 1 fully saturated rings. The molecule has 0 spiro atoms. The molecule has 2 aromatic rings. The zero-order chi connectivity index (χ0) is 25.5. The highest BCUT2D eigenvalue weighted by Gasteiger charge is 2.32. The van der Waals surface area contributed by atoms with E-state index in [9.17, 15) is 19.7 Å². The van der Waals surface area contributed by atoms with Crippen molar-refractivity contribution in [2.45, 2.75) is 46.1 Å². The van der Waals surface area contributed by atoms with Crippen LogP contribution in [0.4, 0.5) is 11.4 Å². The topological polar surface area (TPSA) is 117 Å².